The second-order valence-corrected chi connectivity index (χ2v) is 4.63. The summed E-state index contributed by atoms with van der Waals surface area (Å²) in [5, 5.41) is 2.93. The number of rotatable bonds is 4. The van der Waals surface area contributed by atoms with Crippen LogP contribution in [0.5, 0.6) is 0 Å². The Morgan fingerprint density at radius 2 is 1.85 bits per heavy atom. The van der Waals surface area contributed by atoms with Crippen molar-refractivity contribution in [3.63, 3.8) is 0 Å². The summed E-state index contributed by atoms with van der Waals surface area (Å²) in [5.41, 5.74) is 12.3. The Morgan fingerprint density at radius 1 is 1.05 bits per heavy atom. The molecule has 1 aliphatic rings. The fourth-order valence-electron chi connectivity index (χ4n) is 2.13. The Hall–Kier alpha value is -2.53. The first-order valence-electron chi connectivity index (χ1n) is 6.56. The number of benzene rings is 2. The molecule has 0 fully saturated rings. The molecule has 0 saturated carbocycles. The highest BCUT2D eigenvalue weighted by molar-refractivity contribution is 5.96. The topological polar surface area (TPSA) is 65.2 Å². The second-order valence-electron chi connectivity index (χ2n) is 4.63. The SMILES string of the molecule is O=C(NCCc1ccccc1)c1ccc2c(c1)NNN2.[HH].[HH]. The maximum absolute atomic E-state index is 12.1. The number of anilines is 2. The van der Waals surface area contributed by atoms with Crippen LogP contribution in [0.3, 0.4) is 0 Å². The monoisotopic (exact) mass is 272 g/mol. The van der Waals surface area contributed by atoms with Crippen molar-refractivity contribution < 1.29 is 7.65 Å². The van der Waals surface area contributed by atoms with Crippen molar-refractivity contribution in [1.82, 2.24) is 10.9 Å². The summed E-state index contributed by atoms with van der Waals surface area (Å²) in [6.07, 6.45) is 0.832. The van der Waals surface area contributed by atoms with E-state index < -0.39 is 0 Å². The van der Waals surface area contributed by atoms with E-state index in [4.69, 9.17) is 0 Å². The predicted molar refractivity (Wildman–Crippen MR) is 83.5 cm³/mol. The molecule has 0 unspecified atom stereocenters. The average molecular weight is 272 g/mol. The third-order valence-electron chi connectivity index (χ3n) is 3.22. The first kappa shape index (κ1) is 12.5. The van der Waals surface area contributed by atoms with Gasteiger partial charge in [0.05, 0.1) is 11.4 Å². The molecular weight excluding hydrogens is 252 g/mol. The summed E-state index contributed by atoms with van der Waals surface area (Å²) in [6.45, 7) is 0.629. The minimum Gasteiger partial charge on any atom is -0.352 e. The number of carbonyl (C=O) groups excluding carboxylic acids is 1. The first-order valence-corrected chi connectivity index (χ1v) is 6.56. The molecule has 2 aromatic carbocycles. The van der Waals surface area contributed by atoms with E-state index in [1.165, 1.54) is 5.56 Å². The van der Waals surface area contributed by atoms with E-state index in [1.54, 1.807) is 6.07 Å². The third kappa shape index (κ3) is 2.73. The van der Waals surface area contributed by atoms with Crippen molar-refractivity contribution in [3.8, 4) is 0 Å². The van der Waals surface area contributed by atoms with Crippen molar-refractivity contribution in [2.45, 2.75) is 6.42 Å². The summed E-state index contributed by atoms with van der Waals surface area (Å²) in [7, 11) is 0. The molecule has 5 heteroatoms. The third-order valence-corrected chi connectivity index (χ3v) is 3.22. The van der Waals surface area contributed by atoms with Gasteiger partial charge in [-0.2, -0.15) is 0 Å². The molecule has 1 heterocycles. The maximum atomic E-state index is 12.1. The van der Waals surface area contributed by atoms with Crippen LogP contribution >= 0.6 is 0 Å². The van der Waals surface area contributed by atoms with Crippen molar-refractivity contribution in [2.75, 3.05) is 17.4 Å². The van der Waals surface area contributed by atoms with Gasteiger partial charge in [-0.05, 0) is 30.2 Å². The molecule has 20 heavy (non-hydrogen) atoms. The van der Waals surface area contributed by atoms with Crippen molar-refractivity contribution in [2.24, 2.45) is 0 Å². The van der Waals surface area contributed by atoms with Gasteiger partial charge in [-0.1, -0.05) is 30.3 Å². The standard InChI is InChI=1S/C15H16N4O.2H2/c20-15(16-9-8-11-4-2-1-3-5-11)12-6-7-13-14(10-12)18-19-17-13;;/h1-7,10,17-19H,8-9H2,(H,16,20);2*1H. The fourth-order valence-corrected chi connectivity index (χ4v) is 2.13. The summed E-state index contributed by atoms with van der Waals surface area (Å²) < 4.78 is 0. The van der Waals surface area contributed by atoms with Crippen LogP contribution in [0.15, 0.2) is 48.5 Å². The summed E-state index contributed by atoms with van der Waals surface area (Å²) in [4.78, 5) is 12.1. The van der Waals surface area contributed by atoms with Gasteiger partial charge in [-0.15, -0.1) is 5.53 Å². The number of hydrogen-bond donors (Lipinski definition) is 4. The zero-order chi connectivity index (χ0) is 13.8. The molecular formula is C15H20N4O. The van der Waals surface area contributed by atoms with Crippen molar-refractivity contribution in [1.29, 1.82) is 0 Å². The van der Waals surface area contributed by atoms with Gasteiger partial charge in [-0.25, -0.2) is 0 Å². The van der Waals surface area contributed by atoms with Crippen molar-refractivity contribution >= 4 is 17.3 Å². The number of fused-ring (bicyclic) bond motifs is 1. The van der Waals surface area contributed by atoms with E-state index in [-0.39, 0.29) is 8.76 Å². The van der Waals surface area contributed by atoms with Gasteiger partial charge >= 0.3 is 0 Å². The Morgan fingerprint density at radius 3 is 2.70 bits per heavy atom. The van der Waals surface area contributed by atoms with Crippen LogP contribution < -0.4 is 21.7 Å². The molecule has 0 bridgehead atoms. The van der Waals surface area contributed by atoms with E-state index in [0.29, 0.717) is 12.1 Å². The molecule has 0 spiro atoms. The largest absolute Gasteiger partial charge is 0.352 e. The quantitative estimate of drug-likeness (QED) is 0.690. The maximum Gasteiger partial charge on any atom is 0.251 e. The lowest BCUT2D eigenvalue weighted by Gasteiger charge is -2.06. The van der Waals surface area contributed by atoms with Crippen LogP contribution in [-0.4, -0.2) is 12.5 Å². The molecule has 0 saturated heterocycles. The molecule has 5 nitrogen and oxygen atoms in total. The summed E-state index contributed by atoms with van der Waals surface area (Å²) >= 11 is 0. The second kappa shape index (κ2) is 5.63. The first-order chi connectivity index (χ1) is 9.83. The Bertz CT molecular complexity index is 622. The van der Waals surface area contributed by atoms with Gasteiger partial charge in [0, 0.05) is 15.0 Å². The molecule has 0 aliphatic carbocycles. The van der Waals surface area contributed by atoms with Crippen LogP contribution in [-0.2, 0) is 6.42 Å². The number of carbonyl (C=O) groups is 1. The molecule has 1 amide bonds. The van der Waals surface area contributed by atoms with E-state index in [1.807, 2.05) is 30.3 Å². The van der Waals surface area contributed by atoms with E-state index in [0.717, 1.165) is 17.8 Å². The lowest BCUT2D eigenvalue weighted by molar-refractivity contribution is 0.0954. The molecule has 0 atom stereocenters. The number of nitrogens with one attached hydrogen (secondary N) is 4. The zero-order valence-corrected chi connectivity index (χ0v) is 10.9. The molecule has 4 N–H and O–H groups in total. The zero-order valence-electron chi connectivity index (χ0n) is 10.9. The highest BCUT2D eigenvalue weighted by Crippen LogP contribution is 2.24. The molecule has 1 aliphatic heterocycles. The van der Waals surface area contributed by atoms with E-state index in [2.05, 4.69) is 33.8 Å². The van der Waals surface area contributed by atoms with Crippen LogP contribution in [0.1, 0.15) is 18.8 Å². The van der Waals surface area contributed by atoms with Gasteiger partial charge in [-0.3, -0.25) is 4.79 Å². The fraction of sp³-hybridized carbons (Fsp3) is 0.133. The Balaban J connectivity index is 0.00000121. The highest BCUT2D eigenvalue weighted by atomic mass is 16.1. The molecule has 0 radical (unpaired) electrons. The van der Waals surface area contributed by atoms with Gasteiger partial charge in [0.1, 0.15) is 0 Å². The molecule has 106 valence electrons. The number of amides is 1. The Kier molecular flexibility index (Phi) is 3.52. The Labute approximate surface area is 120 Å². The normalized spacial score (nSPS) is 12.2. The minimum absolute atomic E-state index is 0. The highest BCUT2D eigenvalue weighted by Gasteiger charge is 2.12. The lowest BCUT2D eigenvalue weighted by Crippen LogP contribution is -2.25. The van der Waals surface area contributed by atoms with Gasteiger partial charge in [0.15, 0.2) is 0 Å². The number of hydrazine groups is 2. The van der Waals surface area contributed by atoms with Crippen LogP contribution in [0, 0.1) is 0 Å². The van der Waals surface area contributed by atoms with Gasteiger partial charge < -0.3 is 16.2 Å². The van der Waals surface area contributed by atoms with Gasteiger partial charge in [0.2, 0.25) is 0 Å². The smallest absolute Gasteiger partial charge is 0.251 e. The van der Waals surface area contributed by atoms with E-state index >= 15 is 0 Å². The van der Waals surface area contributed by atoms with Gasteiger partial charge in [0.25, 0.3) is 5.91 Å². The van der Waals surface area contributed by atoms with Crippen LogP contribution in [0.25, 0.3) is 0 Å². The minimum atomic E-state index is -0.0579. The summed E-state index contributed by atoms with van der Waals surface area (Å²) in [5.74, 6) is -0.0579. The average Bonchev–Trinajstić information content (AvgIpc) is 2.95. The molecule has 0 aromatic heterocycles. The summed E-state index contributed by atoms with van der Waals surface area (Å²) in [6, 6.07) is 15.6. The van der Waals surface area contributed by atoms with E-state index in [9.17, 15) is 4.79 Å². The molecule has 2 aromatic rings. The lowest BCUT2D eigenvalue weighted by atomic mass is 10.1. The van der Waals surface area contributed by atoms with Crippen LogP contribution in [0.4, 0.5) is 11.4 Å². The molecule has 3 rings (SSSR count). The number of hydrogen-bond acceptors (Lipinski definition) is 4. The van der Waals surface area contributed by atoms with Crippen molar-refractivity contribution in [3.05, 3.63) is 59.7 Å². The van der Waals surface area contributed by atoms with Crippen LogP contribution in [0.2, 0.25) is 0 Å². The predicted octanol–water partition coefficient (Wildman–Crippen LogP) is 2.41.